The van der Waals surface area contributed by atoms with E-state index in [1.165, 1.54) is 0 Å². The first-order chi connectivity index (χ1) is 11.4. The molecule has 2 heterocycles. The van der Waals surface area contributed by atoms with Crippen molar-refractivity contribution in [1.82, 2.24) is 15.5 Å². The first-order valence-electron chi connectivity index (χ1n) is 8.35. The molecule has 0 radical (unpaired) electrons. The van der Waals surface area contributed by atoms with Crippen molar-refractivity contribution in [3.8, 4) is 0 Å². The summed E-state index contributed by atoms with van der Waals surface area (Å²) in [6, 6.07) is 6.20. The second-order valence-electron chi connectivity index (χ2n) is 7.01. The van der Waals surface area contributed by atoms with Crippen LogP contribution in [-0.4, -0.2) is 47.3 Å². The van der Waals surface area contributed by atoms with Crippen LogP contribution in [0, 0.1) is 12.8 Å². The number of carbonyl (C=O) groups is 3. The number of amides is 3. The molecule has 2 N–H and O–H groups in total. The van der Waals surface area contributed by atoms with Gasteiger partial charge < -0.3 is 15.5 Å². The van der Waals surface area contributed by atoms with Crippen LogP contribution in [0.15, 0.2) is 24.3 Å². The van der Waals surface area contributed by atoms with E-state index in [4.69, 9.17) is 0 Å². The van der Waals surface area contributed by atoms with Crippen LogP contribution in [0.2, 0.25) is 0 Å². The maximum atomic E-state index is 12.5. The highest BCUT2D eigenvalue weighted by atomic mass is 16.2. The molecule has 1 aromatic rings. The van der Waals surface area contributed by atoms with E-state index >= 15 is 0 Å². The maximum absolute atomic E-state index is 12.5. The predicted octanol–water partition coefficient (Wildman–Crippen LogP) is 0.849. The average Bonchev–Trinajstić information content (AvgIpc) is 2.95. The predicted molar refractivity (Wildman–Crippen MR) is 89.3 cm³/mol. The third-order valence-corrected chi connectivity index (χ3v) is 4.73. The zero-order chi connectivity index (χ0) is 17.4. The minimum Gasteiger partial charge on any atom is -0.347 e. The van der Waals surface area contributed by atoms with Crippen LogP contribution in [0.1, 0.15) is 36.2 Å². The highest BCUT2D eigenvalue weighted by molar-refractivity contribution is 5.98. The van der Waals surface area contributed by atoms with Gasteiger partial charge in [0.2, 0.25) is 11.8 Å². The van der Waals surface area contributed by atoms with E-state index in [1.807, 2.05) is 39.0 Å². The monoisotopic (exact) mass is 329 g/mol. The molecule has 6 heteroatoms. The van der Waals surface area contributed by atoms with E-state index in [0.29, 0.717) is 18.5 Å². The van der Waals surface area contributed by atoms with Crippen molar-refractivity contribution < 1.29 is 14.4 Å². The number of benzene rings is 1. The number of nitrogens with one attached hydrogen (secondary N) is 2. The Balaban J connectivity index is 1.69. The zero-order valence-corrected chi connectivity index (χ0v) is 14.2. The molecule has 3 amide bonds. The molecule has 1 aromatic carbocycles. The standard InChI is InChI=1S/C18H23N3O3/c1-10(2)15-18(24)21-9-13(8-14(21)17(23)20-15)19-16(22)12-6-4-5-11(3)7-12/h4-7,10,13-15H,8-9H2,1-3H3,(H,19,22)(H,20,23)/t13-,14-,15-/m0/s1. The van der Waals surface area contributed by atoms with Crippen molar-refractivity contribution in [2.75, 3.05) is 6.54 Å². The number of rotatable bonds is 3. The Hall–Kier alpha value is -2.37. The zero-order valence-electron chi connectivity index (χ0n) is 14.2. The Morgan fingerprint density at radius 2 is 2.08 bits per heavy atom. The van der Waals surface area contributed by atoms with Gasteiger partial charge in [0.1, 0.15) is 12.1 Å². The van der Waals surface area contributed by atoms with Crippen molar-refractivity contribution in [3.05, 3.63) is 35.4 Å². The summed E-state index contributed by atoms with van der Waals surface area (Å²) in [6.45, 7) is 6.14. The minimum atomic E-state index is -0.477. The second-order valence-corrected chi connectivity index (χ2v) is 7.01. The third-order valence-electron chi connectivity index (χ3n) is 4.73. The molecule has 0 saturated carbocycles. The molecule has 2 aliphatic rings. The van der Waals surface area contributed by atoms with Crippen LogP contribution in [-0.2, 0) is 9.59 Å². The van der Waals surface area contributed by atoms with E-state index in [-0.39, 0.29) is 29.7 Å². The molecule has 128 valence electrons. The molecule has 2 aliphatic heterocycles. The number of fused-ring (bicyclic) bond motifs is 1. The number of carbonyl (C=O) groups excluding carboxylic acids is 3. The summed E-state index contributed by atoms with van der Waals surface area (Å²) in [4.78, 5) is 38.8. The highest BCUT2D eigenvalue weighted by Crippen LogP contribution is 2.25. The maximum Gasteiger partial charge on any atom is 0.251 e. The van der Waals surface area contributed by atoms with Gasteiger partial charge in [0.25, 0.3) is 5.91 Å². The normalized spacial score (nSPS) is 26.3. The Labute approximate surface area is 141 Å². The van der Waals surface area contributed by atoms with Gasteiger partial charge in [-0.3, -0.25) is 14.4 Å². The molecule has 3 rings (SSSR count). The van der Waals surface area contributed by atoms with Crippen LogP contribution in [0.3, 0.4) is 0 Å². The Morgan fingerprint density at radius 1 is 1.33 bits per heavy atom. The fourth-order valence-corrected chi connectivity index (χ4v) is 3.43. The molecule has 0 unspecified atom stereocenters. The molecule has 0 aromatic heterocycles. The van der Waals surface area contributed by atoms with Gasteiger partial charge >= 0.3 is 0 Å². The van der Waals surface area contributed by atoms with Gasteiger partial charge in [-0.05, 0) is 31.4 Å². The highest BCUT2D eigenvalue weighted by Gasteiger charge is 2.47. The van der Waals surface area contributed by atoms with Crippen molar-refractivity contribution in [1.29, 1.82) is 0 Å². The lowest BCUT2D eigenvalue weighted by Crippen LogP contribution is -2.62. The van der Waals surface area contributed by atoms with Gasteiger partial charge in [-0.2, -0.15) is 0 Å². The molecule has 2 saturated heterocycles. The van der Waals surface area contributed by atoms with Gasteiger partial charge in [0.15, 0.2) is 0 Å². The van der Waals surface area contributed by atoms with Crippen molar-refractivity contribution in [2.45, 2.75) is 45.3 Å². The lowest BCUT2D eigenvalue weighted by Gasteiger charge is -2.36. The molecule has 0 bridgehead atoms. The fraction of sp³-hybridized carbons (Fsp3) is 0.500. The van der Waals surface area contributed by atoms with Gasteiger partial charge in [0, 0.05) is 18.2 Å². The Bertz CT molecular complexity index is 686. The topological polar surface area (TPSA) is 78.5 Å². The molecule has 0 aliphatic carbocycles. The molecular weight excluding hydrogens is 306 g/mol. The van der Waals surface area contributed by atoms with Crippen molar-refractivity contribution >= 4 is 17.7 Å². The van der Waals surface area contributed by atoms with Gasteiger partial charge in [-0.1, -0.05) is 31.5 Å². The Kier molecular flexibility index (Phi) is 4.30. The van der Waals surface area contributed by atoms with E-state index in [9.17, 15) is 14.4 Å². The summed E-state index contributed by atoms with van der Waals surface area (Å²) in [7, 11) is 0. The summed E-state index contributed by atoms with van der Waals surface area (Å²) < 4.78 is 0. The first-order valence-corrected chi connectivity index (χ1v) is 8.35. The molecule has 3 atom stereocenters. The minimum absolute atomic E-state index is 0.0448. The Morgan fingerprint density at radius 3 is 2.75 bits per heavy atom. The molecular formula is C18H23N3O3. The van der Waals surface area contributed by atoms with E-state index in [0.717, 1.165) is 5.56 Å². The van der Waals surface area contributed by atoms with E-state index in [2.05, 4.69) is 10.6 Å². The number of nitrogens with zero attached hydrogens (tertiary/aromatic N) is 1. The largest absolute Gasteiger partial charge is 0.347 e. The molecule has 2 fully saturated rings. The van der Waals surface area contributed by atoms with Crippen molar-refractivity contribution in [2.24, 2.45) is 5.92 Å². The molecule has 6 nitrogen and oxygen atoms in total. The summed E-state index contributed by atoms with van der Waals surface area (Å²) in [6.07, 6.45) is 0.458. The third kappa shape index (κ3) is 3.00. The number of hydrogen-bond donors (Lipinski definition) is 2. The lowest BCUT2D eigenvalue weighted by atomic mass is 9.98. The van der Waals surface area contributed by atoms with Gasteiger partial charge in [-0.25, -0.2) is 0 Å². The fourth-order valence-electron chi connectivity index (χ4n) is 3.43. The number of aryl methyl sites for hydroxylation is 1. The van der Waals surface area contributed by atoms with Gasteiger partial charge in [-0.15, -0.1) is 0 Å². The quantitative estimate of drug-likeness (QED) is 0.863. The number of hydrogen-bond acceptors (Lipinski definition) is 3. The van der Waals surface area contributed by atoms with E-state index < -0.39 is 12.1 Å². The van der Waals surface area contributed by atoms with Crippen LogP contribution in [0.25, 0.3) is 0 Å². The summed E-state index contributed by atoms with van der Waals surface area (Å²) in [5.41, 5.74) is 1.61. The van der Waals surface area contributed by atoms with Crippen molar-refractivity contribution in [3.63, 3.8) is 0 Å². The molecule has 0 spiro atoms. The summed E-state index contributed by atoms with van der Waals surface area (Å²) in [5, 5.41) is 5.76. The first kappa shape index (κ1) is 16.5. The molecule has 24 heavy (non-hydrogen) atoms. The van der Waals surface area contributed by atoms with Gasteiger partial charge in [0.05, 0.1) is 0 Å². The number of piperazine rings is 1. The summed E-state index contributed by atoms with van der Waals surface area (Å²) >= 11 is 0. The van der Waals surface area contributed by atoms with Crippen LogP contribution in [0.5, 0.6) is 0 Å². The van der Waals surface area contributed by atoms with E-state index in [1.54, 1.807) is 11.0 Å². The van der Waals surface area contributed by atoms with Crippen LogP contribution in [0.4, 0.5) is 0 Å². The lowest BCUT2D eigenvalue weighted by molar-refractivity contribution is -0.148. The average molecular weight is 329 g/mol. The van der Waals surface area contributed by atoms with Crippen LogP contribution >= 0.6 is 0 Å². The smallest absolute Gasteiger partial charge is 0.251 e. The van der Waals surface area contributed by atoms with Crippen LogP contribution < -0.4 is 10.6 Å². The SMILES string of the molecule is Cc1cccc(C(=O)N[C@H]2C[C@H]3C(=O)N[C@@H](C(C)C)C(=O)N3C2)c1. The second kappa shape index (κ2) is 6.26. The summed E-state index contributed by atoms with van der Waals surface area (Å²) in [5.74, 6) is -0.303.